The summed E-state index contributed by atoms with van der Waals surface area (Å²) in [7, 11) is 0. The molecule has 0 amide bonds. The highest BCUT2D eigenvalue weighted by molar-refractivity contribution is 5.92. The van der Waals surface area contributed by atoms with Crippen molar-refractivity contribution in [2.24, 2.45) is 0 Å². The second-order valence-electron chi connectivity index (χ2n) is 4.88. The monoisotopic (exact) mass is 267 g/mol. The molecule has 2 unspecified atom stereocenters. The van der Waals surface area contributed by atoms with E-state index in [1.807, 2.05) is 0 Å². The molecule has 0 bridgehead atoms. The summed E-state index contributed by atoms with van der Waals surface area (Å²) < 4.78 is 6.61. The number of esters is 1. The summed E-state index contributed by atoms with van der Waals surface area (Å²) in [6, 6.07) is -0.0989. The van der Waals surface area contributed by atoms with Gasteiger partial charge in [-0.25, -0.2) is 9.78 Å². The first kappa shape index (κ1) is 13.9. The van der Waals surface area contributed by atoms with Crippen LogP contribution in [0.1, 0.15) is 55.6 Å². The second kappa shape index (κ2) is 6.06. The summed E-state index contributed by atoms with van der Waals surface area (Å²) in [4.78, 5) is 15.7. The number of anilines is 1. The first-order chi connectivity index (χ1) is 9.15. The van der Waals surface area contributed by atoms with Crippen LogP contribution in [0.2, 0.25) is 0 Å². The maximum Gasteiger partial charge on any atom is 0.360 e. The minimum absolute atomic E-state index is 0.0989. The van der Waals surface area contributed by atoms with E-state index in [1.54, 1.807) is 11.5 Å². The van der Waals surface area contributed by atoms with Gasteiger partial charge < -0.3 is 20.1 Å². The third kappa shape index (κ3) is 2.89. The first-order valence-corrected chi connectivity index (χ1v) is 6.82. The van der Waals surface area contributed by atoms with Crippen LogP contribution in [-0.4, -0.2) is 33.3 Å². The number of nitrogens with zero attached hydrogens (tertiary/aromatic N) is 2. The van der Waals surface area contributed by atoms with Gasteiger partial charge in [-0.05, 0) is 19.8 Å². The van der Waals surface area contributed by atoms with Crippen LogP contribution >= 0.6 is 0 Å². The second-order valence-corrected chi connectivity index (χ2v) is 4.88. The molecule has 1 heterocycles. The van der Waals surface area contributed by atoms with Gasteiger partial charge >= 0.3 is 5.97 Å². The molecule has 1 aliphatic carbocycles. The van der Waals surface area contributed by atoms with Crippen molar-refractivity contribution in [2.75, 3.05) is 12.3 Å². The highest BCUT2D eigenvalue weighted by atomic mass is 16.5. The van der Waals surface area contributed by atoms with E-state index in [1.165, 1.54) is 6.33 Å². The van der Waals surface area contributed by atoms with Crippen molar-refractivity contribution in [3.05, 3.63) is 12.0 Å². The zero-order valence-corrected chi connectivity index (χ0v) is 11.2. The molecule has 6 nitrogen and oxygen atoms in total. The van der Waals surface area contributed by atoms with Crippen molar-refractivity contribution in [2.45, 2.75) is 51.2 Å². The Morgan fingerprint density at radius 2 is 2.26 bits per heavy atom. The zero-order chi connectivity index (χ0) is 13.8. The Kier molecular flexibility index (Phi) is 4.42. The number of aliphatic hydroxyl groups is 1. The number of carbonyl (C=O) groups is 1. The zero-order valence-electron chi connectivity index (χ0n) is 11.2. The van der Waals surface area contributed by atoms with Crippen molar-refractivity contribution in [1.29, 1.82) is 0 Å². The molecule has 0 aliphatic heterocycles. The standard InChI is InChI=1S/C13H21N3O3/c1-2-19-13(18)11-12(14)16(8-15-11)9-6-4-3-5-7-10(9)17/h8-10,17H,2-7,14H2,1H3. The Bertz CT molecular complexity index is 444. The van der Waals surface area contributed by atoms with Crippen molar-refractivity contribution in [3.8, 4) is 0 Å². The highest BCUT2D eigenvalue weighted by Crippen LogP contribution is 2.30. The lowest BCUT2D eigenvalue weighted by Gasteiger charge is -2.22. The number of hydrogen-bond acceptors (Lipinski definition) is 5. The van der Waals surface area contributed by atoms with Crippen LogP contribution in [-0.2, 0) is 4.74 Å². The quantitative estimate of drug-likeness (QED) is 0.640. The van der Waals surface area contributed by atoms with Crippen LogP contribution in [0.3, 0.4) is 0 Å². The molecule has 0 radical (unpaired) electrons. The van der Waals surface area contributed by atoms with Crippen LogP contribution in [0.4, 0.5) is 5.82 Å². The molecule has 1 aromatic heterocycles. The van der Waals surface area contributed by atoms with Gasteiger partial charge in [0.25, 0.3) is 0 Å². The third-order valence-electron chi connectivity index (χ3n) is 3.60. The summed E-state index contributed by atoms with van der Waals surface area (Å²) >= 11 is 0. The minimum atomic E-state index is -0.512. The minimum Gasteiger partial charge on any atom is -0.461 e. The molecule has 1 saturated carbocycles. The SMILES string of the molecule is CCOC(=O)c1ncn(C2CCCCCC2O)c1N. The molecule has 2 atom stereocenters. The molecule has 2 rings (SSSR count). The van der Waals surface area contributed by atoms with Gasteiger partial charge in [-0.15, -0.1) is 0 Å². The molecule has 3 N–H and O–H groups in total. The summed E-state index contributed by atoms with van der Waals surface area (Å²) in [6.07, 6.45) is 5.90. The predicted molar refractivity (Wildman–Crippen MR) is 70.7 cm³/mol. The summed E-state index contributed by atoms with van der Waals surface area (Å²) in [5.41, 5.74) is 6.10. The molecule has 1 aliphatic rings. The fourth-order valence-electron chi connectivity index (χ4n) is 2.58. The maximum atomic E-state index is 11.7. The number of nitrogens with two attached hydrogens (primary N) is 1. The number of imidazole rings is 1. The van der Waals surface area contributed by atoms with E-state index in [0.29, 0.717) is 0 Å². The van der Waals surface area contributed by atoms with Gasteiger partial charge in [0.1, 0.15) is 5.82 Å². The fraction of sp³-hybridized carbons (Fsp3) is 0.692. The van der Waals surface area contributed by atoms with Crippen molar-refractivity contribution in [1.82, 2.24) is 9.55 Å². The molecular formula is C13H21N3O3. The Morgan fingerprint density at radius 3 is 3.00 bits per heavy atom. The molecule has 19 heavy (non-hydrogen) atoms. The van der Waals surface area contributed by atoms with Crippen LogP contribution in [0, 0.1) is 0 Å². The largest absolute Gasteiger partial charge is 0.461 e. The van der Waals surface area contributed by atoms with E-state index in [-0.39, 0.29) is 24.2 Å². The van der Waals surface area contributed by atoms with Crippen LogP contribution in [0.5, 0.6) is 0 Å². The first-order valence-electron chi connectivity index (χ1n) is 6.82. The van der Waals surface area contributed by atoms with Gasteiger partial charge in [-0.3, -0.25) is 0 Å². The summed E-state index contributed by atoms with van der Waals surface area (Å²) in [5.74, 6) is -0.230. The smallest absolute Gasteiger partial charge is 0.360 e. The Hall–Kier alpha value is -1.56. The molecule has 106 valence electrons. The predicted octanol–water partition coefficient (Wildman–Crippen LogP) is 1.51. The average Bonchev–Trinajstić information content (AvgIpc) is 2.62. The van der Waals surface area contributed by atoms with E-state index in [2.05, 4.69) is 4.98 Å². The van der Waals surface area contributed by atoms with E-state index < -0.39 is 12.1 Å². The molecule has 1 aromatic rings. The highest BCUT2D eigenvalue weighted by Gasteiger charge is 2.27. The number of aliphatic hydroxyl groups excluding tert-OH is 1. The average molecular weight is 267 g/mol. The van der Waals surface area contributed by atoms with Gasteiger partial charge in [0.15, 0.2) is 5.69 Å². The number of carbonyl (C=O) groups excluding carboxylic acids is 1. The Labute approximate surface area is 112 Å². The molecule has 1 fully saturated rings. The van der Waals surface area contributed by atoms with E-state index in [4.69, 9.17) is 10.5 Å². The van der Waals surface area contributed by atoms with Gasteiger partial charge in [0, 0.05) is 0 Å². The lowest BCUT2D eigenvalue weighted by atomic mass is 10.1. The normalized spacial score (nSPS) is 23.9. The van der Waals surface area contributed by atoms with Gasteiger partial charge in [0.2, 0.25) is 0 Å². The summed E-state index contributed by atoms with van der Waals surface area (Å²) in [5, 5.41) is 10.2. The van der Waals surface area contributed by atoms with Gasteiger partial charge in [-0.1, -0.05) is 19.3 Å². The topological polar surface area (TPSA) is 90.4 Å². The number of rotatable bonds is 3. The molecule has 0 aromatic carbocycles. The van der Waals surface area contributed by atoms with Crippen LogP contribution < -0.4 is 5.73 Å². The van der Waals surface area contributed by atoms with Crippen molar-refractivity contribution >= 4 is 11.8 Å². The van der Waals surface area contributed by atoms with Crippen molar-refractivity contribution in [3.63, 3.8) is 0 Å². The van der Waals surface area contributed by atoms with E-state index >= 15 is 0 Å². The summed E-state index contributed by atoms with van der Waals surface area (Å²) in [6.45, 7) is 2.03. The molecule has 0 saturated heterocycles. The molecular weight excluding hydrogens is 246 g/mol. The van der Waals surface area contributed by atoms with Crippen LogP contribution in [0.25, 0.3) is 0 Å². The van der Waals surface area contributed by atoms with Gasteiger partial charge in [-0.2, -0.15) is 0 Å². The number of ether oxygens (including phenoxy) is 1. The Balaban J connectivity index is 2.22. The van der Waals surface area contributed by atoms with Crippen molar-refractivity contribution < 1.29 is 14.6 Å². The number of hydrogen-bond donors (Lipinski definition) is 2. The lowest BCUT2D eigenvalue weighted by molar-refractivity contribution is 0.0521. The number of aromatic nitrogens is 2. The lowest BCUT2D eigenvalue weighted by Crippen LogP contribution is -2.24. The molecule has 6 heteroatoms. The van der Waals surface area contributed by atoms with Crippen LogP contribution in [0.15, 0.2) is 6.33 Å². The van der Waals surface area contributed by atoms with E-state index in [9.17, 15) is 9.90 Å². The Morgan fingerprint density at radius 1 is 1.53 bits per heavy atom. The number of nitrogen functional groups attached to an aromatic ring is 1. The molecule has 0 spiro atoms. The third-order valence-corrected chi connectivity index (χ3v) is 3.60. The maximum absolute atomic E-state index is 11.7. The fourth-order valence-corrected chi connectivity index (χ4v) is 2.58. The van der Waals surface area contributed by atoms with Gasteiger partial charge in [0.05, 0.1) is 25.1 Å². The van der Waals surface area contributed by atoms with E-state index in [0.717, 1.165) is 32.1 Å².